The molecule has 1 amide bonds. The van der Waals surface area contributed by atoms with Crippen molar-refractivity contribution in [3.63, 3.8) is 0 Å². The Morgan fingerprint density at radius 3 is 2.78 bits per heavy atom. The smallest absolute Gasteiger partial charge is 0.407 e. The van der Waals surface area contributed by atoms with Crippen molar-refractivity contribution in [2.75, 3.05) is 18.4 Å². The number of rotatable bonds is 7. The first kappa shape index (κ1) is 18.6. The fraction of sp³-hybridized carbons (Fsp3) is 0.562. The van der Waals surface area contributed by atoms with Crippen LogP contribution in [0.25, 0.3) is 0 Å². The summed E-state index contributed by atoms with van der Waals surface area (Å²) in [5.74, 6) is 2.53. The molecular weight excluding hydrogens is 296 g/mol. The molecule has 1 heterocycles. The Bertz CT molecular complexity index is 611. The van der Waals surface area contributed by atoms with Crippen molar-refractivity contribution in [2.24, 2.45) is 0 Å². The van der Waals surface area contributed by atoms with Gasteiger partial charge in [0.15, 0.2) is 0 Å². The van der Waals surface area contributed by atoms with Crippen LogP contribution in [0.5, 0.6) is 0 Å². The number of carbonyl (C=O) groups excluding carboxylic acids is 1. The highest BCUT2D eigenvalue weighted by Gasteiger charge is 2.15. The van der Waals surface area contributed by atoms with Crippen LogP contribution < -0.4 is 16.2 Å². The number of hydrogen-bond donors (Lipinski definition) is 2. The Hall–Kier alpha value is -2.49. The van der Waals surface area contributed by atoms with Gasteiger partial charge >= 0.3 is 6.09 Å². The Balaban J connectivity index is 2.36. The molecule has 0 fully saturated rings. The minimum Gasteiger partial charge on any atom is -0.444 e. The van der Waals surface area contributed by atoms with Crippen molar-refractivity contribution in [3.8, 4) is 12.3 Å². The van der Waals surface area contributed by atoms with Gasteiger partial charge in [-0.1, -0.05) is 0 Å². The molecule has 0 aliphatic rings. The highest BCUT2D eigenvalue weighted by atomic mass is 16.6. The van der Waals surface area contributed by atoms with E-state index in [0.717, 1.165) is 6.42 Å². The summed E-state index contributed by atoms with van der Waals surface area (Å²) in [6.45, 7) is 6.74. The number of hydrogen-bond acceptors (Lipinski definition) is 5. The van der Waals surface area contributed by atoms with Crippen LogP contribution in [-0.4, -0.2) is 34.6 Å². The van der Waals surface area contributed by atoms with Crippen molar-refractivity contribution in [1.82, 2.24) is 15.1 Å². The summed E-state index contributed by atoms with van der Waals surface area (Å²) in [6, 6.07) is 1.47. The fourth-order valence-electron chi connectivity index (χ4n) is 1.71. The van der Waals surface area contributed by atoms with Crippen LogP contribution in [0.4, 0.5) is 10.5 Å². The molecule has 0 saturated heterocycles. The number of anilines is 1. The van der Waals surface area contributed by atoms with Gasteiger partial charge in [-0.15, -0.1) is 12.3 Å². The molecule has 7 heteroatoms. The standard InChI is InChI=1S/C16H24N4O3/c1-5-6-7-10-20-14(21)11-13(12-19-20)17-8-9-18-15(22)23-16(2,3)4/h1,11-12,17H,6-10H2,2-4H3,(H,18,22). The highest BCUT2D eigenvalue weighted by molar-refractivity contribution is 5.67. The van der Waals surface area contributed by atoms with Crippen LogP contribution in [0.1, 0.15) is 33.6 Å². The van der Waals surface area contributed by atoms with Crippen LogP contribution in [-0.2, 0) is 11.3 Å². The molecule has 1 aromatic rings. The molecule has 7 nitrogen and oxygen atoms in total. The number of aryl methyl sites for hydroxylation is 1. The summed E-state index contributed by atoms with van der Waals surface area (Å²) in [5.41, 5.74) is -0.105. The zero-order chi connectivity index (χ0) is 17.3. The molecule has 0 aliphatic carbocycles. The van der Waals surface area contributed by atoms with Crippen molar-refractivity contribution < 1.29 is 9.53 Å². The van der Waals surface area contributed by atoms with Gasteiger partial charge in [0.2, 0.25) is 0 Å². The van der Waals surface area contributed by atoms with E-state index in [4.69, 9.17) is 11.2 Å². The SMILES string of the molecule is C#CCCCn1ncc(NCCNC(=O)OC(C)(C)C)cc1=O. The average molecular weight is 320 g/mol. The van der Waals surface area contributed by atoms with Gasteiger partial charge in [-0.05, 0) is 27.2 Å². The van der Waals surface area contributed by atoms with Crippen molar-refractivity contribution >= 4 is 11.8 Å². The molecule has 0 unspecified atom stereocenters. The monoisotopic (exact) mass is 320 g/mol. The minimum atomic E-state index is -0.522. The number of unbranched alkanes of at least 4 members (excludes halogenated alkanes) is 1. The summed E-state index contributed by atoms with van der Waals surface area (Å²) in [7, 11) is 0. The molecule has 0 radical (unpaired) electrons. The normalized spacial score (nSPS) is 10.7. The topological polar surface area (TPSA) is 85.2 Å². The van der Waals surface area contributed by atoms with E-state index in [9.17, 15) is 9.59 Å². The van der Waals surface area contributed by atoms with E-state index in [1.165, 1.54) is 10.7 Å². The number of nitrogens with one attached hydrogen (secondary N) is 2. The Labute approximate surface area is 136 Å². The highest BCUT2D eigenvalue weighted by Crippen LogP contribution is 2.06. The van der Waals surface area contributed by atoms with Crippen LogP contribution in [0.15, 0.2) is 17.1 Å². The van der Waals surface area contributed by atoms with E-state index in [0.29, 0.717) is 31.7 Å². The minimum absolute atomic E-state index is 0.188. The Morgan fingerprint density at radius 1 is 1.43 bits per heavy atom. The molecule has 1 rings (SSSR count). The molecule has 0 bridgehead atoms. The number of nitrogens with zero attached hydrogens (tertiary/aromatic N) is 2. The number of alkyl carbamates (subject to hydrolysis) is 1. The number of amides is 1. The second-order valence-electron chi connectivity index (χ2n) is 5.97. The molecule has 0 saturated carbocycles. The third kappa shape index (κ3) is 7.90. The van der Waals surface area contributed by atoms with Gasteiger partial charge in [0.05, 0.1) is 11.9 Å². The van der Waals surface area contributed by atoms with Gasteiger partial charge in [0, 0.05) is 32.1 Å². The van der Waals surface area contributed by atoms with Gasteiger partial charge in [0.25, 0.3) is 5.56 Å². The number of terminal acetylenes is 1. The first-order valence-corrected chi connectivity index (χ1v) is 7.53. The van der Waals surface area contributed by atoms with Gasteiger partial charge in [-0.25, -0.2) is 9.48 Å². The first-order valence-electron chi connectivity index (χ1n) is 7.53. The van der Waals surface area contributed by atoms with Crippen LogP contribution >= 0.6 is 0 Å². The summed E-state index contributed by atoms with van der Waals surface area (Å²) < 4.78 is 6.49. The van der Waals surface area contributed by atoms with Crippen molar-refractivity contribution in [2.45, 2.75) is 45.8 Å². The molecule has 0 spiro atoms. The van der Waals surface area contributed by atoms with Gasteiger partial charge in [-0.3, -0.25) is 4.79 Å². The maximum atomic E-state index is 11.9. The third-order valence-electron chi connectivity index (χ3n) is 2.68. The number of ether oxygens (including phenoxy) is 1. The maximum absolute atomic E-state index is 11.9. The molecular formula is C16H24N4O3. The van der Waals surface area contributed by atoms with E-state index >= 15 is 0 Å². The summed E-state index contributed by atoms with van der Waals surface area (Å²) in [4.78, 5) is 23.3. The lowest BCUT2D eigenvalue weighted by Crippen LogP contribution is -2.35. The zero-order valence-corrected chi connectivity index (χ0v) is 13.9. The maximum Gasteiger partial charge on any atom is 0.407 e. The molecule has 23 heavy (non-hydrogen) atoms. The Kier molecular flexibility index (Phi) is 7.13. The van der Waals surface area contributed by atoms with Crippen LogP contribution in [0, 0.1) is 12.3 Å². The van der Waals surface area contributed by atoms with E-state index in [2.05, 4.69) is 21.7 Å². The fourth-order valence-corrected chi connectivity index (χ4v) is 1.71. The average Bonchev–Trinajstić information content (AvgIpc) is 2.44. The zero-order valence-electron chi connectivity index (χ0n) is 13.9. The van der Waals surface area contributed by atoms with E-state index in [1.54, 1.807) is 27.0 Å². The first-order chi connectivity index (χ1) is 10.8. The van der Waals surface area contributed by atoms with Gasteiger partial charge < -0.3 is 15.4 Å². The Morgan fingerprint density at radius 2 is 2.17 bits per heavy atom. The lowest BCUT2D eigenvalue weighted by Gasteiger charge is -2.19. The van der Waals surface area contributed by atoms with Crippen molar-refractivity contribution in [1.29, 1.82) is 0 Å². The van der Waals surface area contributed by atoms with Gasteiger partial charge in [0.1, 0.15) is 5.60 Å². The molecule has 2 N–H and O–H groups in total. The third-order valence-corrected chi connectivity index (χ3v) is 2.68. The van der Waals surface area contributed by atoms with Crippen molar-refractivity contribution in [3.05, 3.63) is 22.6 Å². The molecule has 126 valence electrons. The summed E-state index contributed by atoms with van der Waals surface area (Å²) in [5, 5.41) is 9.72. The quantitative estimate of drug-likeness (QED) is 0.589. The molecule has 0 atom stereocenters. The van der Waals surface area contributed by atoms with Gasteiger partial charge in [-0.2, -0.15) is 5.10 Å². The second kappa shape index (κ2) is 8.83. The number of carbonyl (C=O) groups is 1. The molecule has 1 aromatic heterocycles. The molecule has 0 aromatic carbocycles. The van der Waals surface area contributed by atoms with E-state index in [1.807, 2.05) is 0 Å². The largest absolute Gasteiger partial charge is 0.444 e. The van der Waals surface area contributed by atoms with Crippen LogP contribution in [0.3, 0.4) is 0 Å². The summed E-state index contributed by atoms with van der Waals surface area (Å²) in [6.07, 6.45) is 7.61. The lowest BCUT2D eigenvalue weighted by atomic mass is 10.2. The lowest BCUT2D eigenvalue weighted by molar-refractivity contribution is 0.0530. The predicted octanol–water partition coefficient (Wildman–Crippen LogP) is 1.59. The van der Waals surface area contributed by atoms with Crippen LogP contribution in [0.2, 0.25) is 0 Å². The molecule has 0 aliphatic heterocycles. The summed E-state index contributed by atoms with van der Waals surface area (Å²) >= 11 is 0. The number of aromatic nitrogens is 2. The van der Waals surface area contributed by atoms with E-state index < -0.39 is 11.7 Å². The second-order valence-corrected chi connectivity index (χ2v) is 5.97. The van der Waals surface area contributed by atoms with E-state index in [-0.39, 0.29) is 5.56 Å². The predicted molar refractivity (Wildman–Crippen MR) is 89.3 cm³/mol.